The molecule has 0 aliphatic carbocycles. The van der Waals surface area contributed by atoms with Crippen LogP contribution in [0.3, 0.4) is 0 Å². The van der Waals surface area contributed by atoms with Crippen LogP contribution in [0, 0.1) is 0 Å². The highest BCUT2D eigenvalue weighted by molar-refractivity contribution is 9.10. The van der Waals surface area contributed by atoms with Gasteiger partial charge in [0.15, 0.2) is 0 Å². The van der Waals surface area contributed by atoms with Gasteiger partial charge in [-0.2, -0.15) is 0 Å². The third-order valence-corrected chi connectivity index (χ3v) is 4.49. The summed E-state index contributed by atoms with van der Waals surface area (Å²) in [6, 6.07) is 9.00. The molecule has 1 aromatic carbocycles. The fourth-order valence-electron chi connectivity index (χ4n) is 2.95. The van der Waals surface area contributed by atoms with Gasteiger partial charge in [0.2, 0.25) is 0 Å². The number of aromatic nitrogens is 1. The lowest BCUT2D eigenvalue weighted by Gasteiger charge is -2.37. The summed E-state index contributed by atoms with van der Waals surface area (Å²) in [6.45, 7) is 5.17. The van der Waals surface area contributed by atoms with Gasteiger partial charge in [-0.25, -0.2) is 4.98 Å². The third-order valence-electron chi connectivity index (χ3n) is 4.06. The molecule has 0 saturated carbocycles. The van der Waals surface area contributed by atoms with E-state index in [1.807, 2.05) is 24.3 Å². The SMILES string of the molecule is COc1cccc(C2Nc3ncc(Br)cc3C(=O)N2CC(=O)OC(C)(C)C)c1. The number of nitrogens with zero attached hydrogens (tertiary/aromatic N) is 2. The molecule has 1 atom stereocenters. The molecular weight excluding hydrogens is 426 g/mol. The summed E-state index contributed by atoms with van der Waals surface area (Å²) in [5, 5.41) is 3.25. The summed E-state index contributed by atoms with van der Waals surface area (Å²) in [7, 11) is 1.57. The number of fused-ring (bicyclic) bond motifs is 1. The number of hydrogen-bond acceptors (Lipinski definition) is 6. The standard InChI is InChI=1S/C20H22BrN3O4/c1-20(2,3)28-16(25)11-24-18(12-6-5-7-14(8-12)27-4)23-17-15(19(24)26)9-13(21)10-22-17/h5-10,18H,11H2,1-4H3,(H,22,23). The number of pyridine rings is 1. The van der Waals surface area contributed by atoms with Crippen LogP contribution in [0.5, 0.6) is 5.75 Å². The van der Waals surface area contributed by atoms with Crippen LogP contribution >= 0.6 is 15.9 Å². The second kappa shape index (κ2) is 7.79. The summed E-state index contributed by atoms with van der Waals surface area (Å²) in [4.78, 5) is 31.4. The highest BCUT2D eigenvalue weighted by Crippen LogP contribution is 2.34. The Morgan fingerprint density at radius 3 is 2.75 bits per heavy atom. The van der Waals surface area contributed by atoms with E-state index in [2.05, 4.69) is 26.2 Å². The maximum absolute atomic E-state index is 13.2. The summed E-state index contributed by atoms with van der Waals surface area (Å²) >= 11 is 3.34. The third kappa shape index (κ3) is 4.44. The Hall–Kier alpha value is -2.61. The van der Waals surface area contributed by atoms with Crippen molar-refractivity contribution in [3.63, 3.8) is 0 Å². The van der Waals surface area contributed by atoms with Crippen LogP contribution in [-0.4, -0.2) is 41.0 Å². The van der Waals surface area contributed by atoms with Gasteiger partial charge in [0, 0.05) is 10.7 Å². The molecule has 2 heterocycles. The zero-order valence-corrected chi connectivity index (χ0v) is 17.7. The number of carbonyl (C=O) groups is 2. The Balaban J connectivity index is 1.99. The van der Waals surface area contributed by atoms with Crippen molar-refractivity contribution < 1.29 is 19.1 Å². The lowest BCUT2D eigenvalue weighted by Crippen LogP contribution is -2.46. The zero-order valence-electron chi connectivity index (χ0n) is 16.2. The molecule has 1 aliphatic heterocycles. The molecule has 7 nitrogen and oxygen atoms in total. The van der Waals surface area contributed by atoms with Crippen LogP contribution in [0.25, 0.3) is 0 Å². The molecule has 1 aliphatic rings. The number of benzene rings is 1. The highest BCUT2D eigenvalue weighted by Gasteiger charge is 2.36. The summed E-state index contributed by atoms with van der Waals surface area (Å²) in [5.41, 5.74) is 0.515. The Morgan fingerprint density at radius 2 is 2.07 bits per heavy atom. The normalized spacial score (nSPS) is 16.2. The Bertz CT molecular complexity index is 911. The Kier molecular flexibility index (Phi) is 5.60. The molecule has 8 heteroatoms. The molecule has 1 amide bonds. The van der Waals surface area contributed by atoms with Gasteiger partial charge in [-0.3, -0.25) is 9.59 Å². The van der Waals surface area contributed by atoms with Gasteiger partial charge >= 0.3 is 5.97 Å². The molecule has 2 aromatic rings. The second-order valence-corrected chi connectivity index (χ2v) is 8.31. The maximum atomic E-state index is 13.2. The van der Waals surface area contributed by atoms with E-state index in [0.29, 0.717) is 21.6 Å². The molecule has 28 heavy (non-hydrogen) atoms. The van der Waals surface area contributed by atoms with Crippen molar-refractivity contribution in [2.45, 2.75) is 32.5 Å². The Morgan fingerprint density at radius 1 is 1.32 bits per heavy atom. The Labute approximate surface area is 172 Å². The number of amides is 1. The predicted molar refractivity (Wildman–Crippen MR) is 108 cm³/mol. The summed E-state index contributed by atoms with van der Waals surface area (Å²) < 4.78 is 11.4. The zero-order chi connectivity index (χ0) is 20.5. The summed E-state index contributed by atoms with van der Waals surface area (Å²) in [6.07, 6.45) is 1.03. The lowest BCUT2D eigenvalue weighted by atomic mass is 10.1. The molecule has 0 bridgehead atoms. The lowest BCUT2D eigenvalue weighted by molar-refractivity contribution is -0.156. The van der Waals surface area contributed by atoms with Crippen LogP contribution in [0.15, 0.2) is 41.0 Å². The van der Waals surface area contributed by atoms with Crippen molar-refractivity contribution >= 4 is 33.6 Å². The summed E-state index contributed by atoms with van der Waals surface area (Å²) in [5.74, 6) is 0.322. The van der Waals surface area contributed by atoms with Gasteiger partial charge < -0.3 is 19.7 Å². The van der Waals surface area contributed by atoms with Crippen LogP contribution < -0.4 is 10.1 Å². The minimum absolute atomic E-state index is 0.197. The number of ether oxygens (including phenoxy) is 2. The fraction of sp³-hybridized carbons (Fsp3) is 0.350. The van der Waals surface area contributed by atoms with E-state index in [1.54, 1.807) is 40.1 Å². The average molecular weight is 448 g/mol. The fourth-order valence-corrected chi connectivity index (χ4v) is 3.28. The van der Waals surface area contributed by atoms with Gasteiger partial charge in [0.1, 0.15) is 29.9 Å². The van der Waals surface area contributed by atoms with E-state index in [0.717, 1.165) is 5.56 Å². The van der Waals surface area contributed by atoms with E-state index < -0.39 is 17.7 Å². The van der Waals surface area contributed by atoms with E-state index in [-0.39, 0.29) is 12.5 Å². The van der Waals surface area contributed by atoms with E-state index >= 15 is 0 Å². The first-order valence-electron chi connectivity index (χ1n) is 8.77. The number of rotatable bonds is 4. The van der Waals surface area contributed by atoms with Crippen LogP contribution in [0.2, 0.25) is 0 Å². The minimum atomic E-state index is -0.642. The number of nitrogens with one attached hydrogen (secondary N) is 1. The molecule has 0 spiro atoms. The quantitative estimate of drug-likeness (QED) is 0.718. The first kappa shape index (κ1) is 20.1. The minimum Gasteiger partial charge on any atom is -0.497 e. The number of methoxy groups -OCH3 is 1. The number of anilines is 1. The monoisotopic (exact) mass is 447 g/mol. The van der Waals surface area contributed by atoms with Crippen molar-refractivity contribution in [2.75, 3.05) is 19.0 Å². The number of halogens is 1. The first-order chi connectivity index (χ1) is 13.2. The van der Waals surface area contributed by atoms with Gasteiger partial charge in [-0.1, -0.05) is 12.1 Å². The van der Waals surface area contributed by atoms with Crippen molar-refractivity contribution in [2.24, 2.45) is 0 Å². The van der Waals surface area contributed by atoms with Crippen molar-refractivity contribution in [1.82, 2.24) is 9.88 Å². The number of carbonyl (C=O) groups excluding carboxylic acids is 2. The maximum Gasteiger partial charge on any atom is 0.326 e. The largest absolute Gasteiger partial charge is 0.497 e. The average Bonchev–Trinajstić information content (AvgIpc) is 2.63. The molecule has 0 radical (unpaired) electrons. The molecule has 1 N–H and O–H groups in total. The first-order valence-corrected chi connectivity index (χ1v) is 9.56. The van der Waals surface area contributed by atoms with Crippen molar-refractivity contribution in [3.8, 4) is 5.75 Å². The molecule has 1 aromatic heterocycles. The highest BCUT2D eigenvalue weighted by atomic mass is 79.9. The molecular formula is C20H22BrN3O4. The van der Waals surface area contributed by atoms with Gasteiger partial charge in [-0.05, 0) is 60.5 Å². The second-order valence-electron chi connectivity index (χ2n) is 7.39. The molecule has 0 fully saturated rings. The molecule has 3 rings (SSSR count). The van der Waals surface area contributed by atoms with Gasteiger partial charge in [-0.15, -0.1) is 0 Å². The van der Waals surface area contributed by atoms with E-state index in [4.69, 9.17) is 9.47 Å². The number of esters is 1. The van der Waals surface area contributed by atoms with E-state index in [1.165, 1.54) is 4.90 Å². The van der Waals surface area contributed by atoms with Crippen LogP contribution in [-0.2, 0) is 9.53 Å². The van der Waals surface area contributed by atoms with Crippen molar-refractivity contribution in [1.29, 1.82) is 0 Å². The predicted octanol–water partition coefficient (Wildman–Crippen LogP) is 3.76. The van der Waals surface area contributed by atoms with Gasteiger partial charge in [0.25, 0.3) is 5.91 Å². The molecule has 0 saturated heterocycles. The van der Waals surface area contributed by atoms with Crippen LogP contribution in [0.4, 0.5) is 5.82 Å². The van der Waals surface area contributed by atoms with Crippen molar-refractivity contribution in [3.05, 3.63) is 52.1 Å². The smallest absolute Gasteiger partial charge is 0.326 e. The number of hydrogen-bond donors (Lipinski definition) is 1. The van der Waals surface area contributed by atoms with E-state index in [9.17, 15) is 9.59 Å². The molecule has 148 valence electrons. The molecule has 1 unspecified atom stereocenters. The van der Waals surface area contributed by atoms with Gasteiger partial charge in [0.05, 0.1) is 12.7 Å². The topological polar surface area (TPSA) is 80.8 Å². The van der Waals surface area contributed by atoms with Crippen LogP contribution in [0.1, 0.15) is 42.9 Å².